The van der Waals surface area contributed by atoms with Gasteiger partial charge >= 0.3 is 0 Å². The van der Waals surface area contributed by atoms with Gasteiger partial charge in [-0.1, -0.05) is 26.8 Å². The minimum Gasteiger partial charge on any atom is -0.296 e. The van der Waals surface area contributed by atoms with Crippen LogP contribution in [0.15, 0.2) is 36.6 Å². The summed E-state index contributed by atoms with van der Waals surface area (Å²) >= 11 is 0. The fourth-order valence-corrected chi connectivity index (χ4v) is 2.22. The zero-order chi connectivity index (χ0) is 15.0. The molecule has 1 N–H and O–H groups in total. The Labute approximate surface area is 123 Å². The van der Waals surface area contributed by atoms with Crippen LogP contribution in [0, 0.1) is 5.41 Å². The molecule has 3 rings (SSSR count). The second kappa shape index (κ2) is 4.84. The largest absolute Gasteiger partial charge is 0.296 e. The number of amides is 1. The topological polar surface area (TPSA) is 59.8 Å². The van der Waals surface area contributed by atoms with Gasteiger partial charge in [0.25, 0.3) is 0 Å². The fourth-order valence-electron chi connectivity index (χ4n) is 2.22. The van der Waals surface area contributed by atoms with Gasteiger partial charge in [-0.25, -0.2) is 9.97 Å². The van der Waals surface area contributed by atoms with Gasteiger partial charge in [0, 0.05) is 12.6 Å². The molecule has 21 heavy (non-hydrogen) atoms. The van der Waals surface area contributed by atoms with Gasteiger partial charge < -0.3 is 0 Å². The van der Waals surface area contributed by atoms with Crippen LogP contribution in [0.2, 0.25) is 0 Å². The average molecular weight is 282 g/mol. The number of nitrogens with zero attached hydrogens (tertiary/aromatic N) is 3. The van der Waals surface area contributed by atoms with Gasteiger partial charge in [0.2, 0.25) is 11.9 Å². The fraction of sp³-hybridized carbons (Fsp3) is 0.312. The third-order valence-corrected chi connectivity index (χ3v) is 3.15. The van der Waals surface area contributed by atoms with Crippen LogP contribution >= 0.6 is 0 Å². The molecular weight excluding hydrogens is 264 g/mol. The van der Waals surface area contributed by atoms with Crippen molar-refractivity contribution in [3.63, 3.8) is 0 Å². The van der Waals surface area contributed by atoms with E-state index in [4.69, 9.17) is 0 Å². The Kier molecular flexibility index (Phi) is 3.12. The number of hydrogen-bond acceptors (Lipinski definition) is 3. The number of imidazole rings is 1. The molecule has 5 heteroatoms. The lowest BCUT2D eigenvalue weighted by molar-refractivity contribution is -0.117. The van der Waals surface area contributed by atoms with Gasteiger partial charge in [-0.05, 0) is 29.7 Å². The second-order valence-electron chi connectivity index (χ2n) is 6.35. The lowest BCUT2D eigenvalue weighted by Gasteiger charge is -2.18. The maximum atomic E-state index is 12.2. The number of nitrogens with one attached hydrogen (secondary N) is 1. The molecule has 0 spiro atoms. The van der Waals surface area contributed by atoms with E-state index in [-0.39, 0.29) is 11.3 Å². The van der Waals surface area contributed by atoms with Crippen LogP contribution in [0.5, 0.6) is 0 Å². The van der Waals surface area contributed by atoms with Gasteiger partial charge in [-0.15, -0.1) is 0 Å². The third-order valence-electron chi connectivity index (χ3n) is 3.15. The molecule has 5 nitrogen and oxygen atoms in total. The van der Waals surface area contributed by atoms with E-state index in [9.17, 15) is 4.79 Å². The molecule has 0 aliphatic heterocycles. The van der Waals surface area contributed by atoms with Crippen molar-refractivity contribution in [3.05, 3.63) is 36.6 Å². The molecule has 0 unspecified atom stereocenters. The lowest BCUT2D eigenvalue weighted by Crippen LogP contribution is -2.21. The molecular formula is C16H18N4O. The van der Waals surface area contributed by atoms with Crippen molar-refractivity contribution in [2.75, 3.05) is 5.32 Å². The Bertz CT molecular complexity index is 762. The Morgan fingerprint density at radius 2 is 2.14 bits per heavy atom. The Morgan fingerprint density at radius 1 is 1.38 bits per heavy atom. The summed E-state index contributed by atoms with van der Waals surface area (Å²) in [6, 6.07) is 3.73. The normalized spacial score (nSPS) is 14.0. The molecule has 2 heterocycles. The average Bonchev–Trinajstić information content (AvgIpc) is 2.63. The van der Waals surface area contributed by atoms with E-state index in [1.54, 1.807) is 6.20 Å². The maximum Gasteiger partial charge on any atom is 0.227 e. The summed E-state index contributed by atoms with van der Waals surface area (Å²) in [5.74, 6) is 0.483. The first-order valence-corrected chi connectivity index (χ1v) is 6.96. The van der Waals surface area contributed by atoms with Crippen molar-refractivity contribution in [1.82, 2.24) is 14.5 Å². The smallest absolute Gasteiger partial charge is 0.227 e. The van der Waals surface area contributed by atoms with Crippen molar-refractivity contribution in [1.29, 1.82) is 0 Å². The van der Waals surface area contributed by atoms with Crippen LogP contribution in [0.4, 0.5) is 5.95 Å². The van der Waals surface area contributed by atoms with Crippen LogP contribution in [0.25, 0.3) is 16.9 Å². The molecule has 2 aromatic heterocycles. The molecule has 2 aromatic rings. The Hall–Kier alpha value is -2.43. The summed E-state index contributed by atoms with van der Waals surface area (Å²) in [7, 11) is 0. The summed E-state index contributed by atoms with van der Waals surface area (Å²) in [5, 5.41) is 2.90. The standard InChI is InChI=1S/C16H18N4O/c1-16(2,3)10-13(21)19-15-18-12-8-5-9-17-14(12)20(15)11-6-4-7-11/h4-9H,10H2,1-3H3,(H,18,19,21). The van der Waals surface area contributed by atoms with E-state index in [0.717, 1.165) is 16.9 Å². The summed E-state index contributed by atoms with van der Waals surface area (Å²) in [4.78, 5) is 21.0. The van der Waals surface area contributed by atoms with E-state index in [1.807, 2.05) is 55.7 Å². The number of carbonyl (C=O) groups is 1. The monoisotopic (exact) mass is 282 g/mol. The predicted octanol–water partition coefficient (Wildman–Crippen LogP) is 3.22. The molecule has 1 aliphatic rings. The number of rotatable bonds is 3. The highest BCUT2D eigenvalue weighted by Gasteiger charge is 2.20. The summed E-state index contributed by atoms with van der Waals surface area (Å²) in [5.41, 5.74) is 2.43. The van der Waals surface area contributed by atoms with Crippen LogP contribution in [-0.2, 0) is 4.79 Å². The van der Waals surface area contributed by atoms with Crippen LogP contribution in [-0.4, -0.2) is 20.4 Å². The molecule has 0 fully saturated rings. The van der Waals surface area contributed by atoms with Gasteiger partial charge in [0.05, 0.1) is 5.70 Å². The Morgan fingerprint density at radius 3 is 2.76 bits per heavy atom. The van der Waals surface area contributed by atoms with E-state index in [2.05, 4.69) is 15.3 Å². The first-order chi connectivity index (χ1) is 9.94. The van der Waals surface area contributed by atoms with Crippen molar-refractivity contribution >= 4 is 28.7 Å². The molecule has 0 saturated carbocycles. The number of anilines is 1. The van der Waals surface area contributed by atoms with E-state index >= 15 is 0 Å². The maximum absolute atomic E-state index is 12.2. The molecule has 0 atom stereocenters. The zero-order valence-corrected chi connectivity index (χ0v) is 12.4. The minimum absolute atomic E-state index is 0.0389. The van der Waals surface area contributed by atoms with Crippen molar-refractivity contribution < 1.29 is 4.79 Å². The van der Waals surface area contributed by atoms with Gasteiger partial charge in [0.15, 0.2) is 5.65 Å². The number of fused-ring (bicyclic) bond motifs is 1. The quantitative estimate of drug-likeness (QED) is 0.940. The SMILES string of the molecule is CC(C)(C)CC(=O)Nc1nc2cccnc2n1C1=CC=C1. The van der Waals surface area contributed by atoms with Crippen LogP contribution in [0.3, 0.4) is 0 Å². The number of carbonyl (C=O) groups excluding carboxylic acids is 1. The van der Waals surface area contributed by atoms with E-state index in [1.165, 1.54) is 0 Å². The van der Waals surface area contributed by atoms with Crippen molar-refractivity contribution in [2.24, 2.45) is 5.41 Å². The van der Waals surface area contributed by atoms with Gasteiger partial charge in [-0.2, -0.15) is 0 Å². The number of hydrogen-bond donors (Lipinski definition) is 1. The molecule has 1 aliphatic carbocycles. The first-order valence-electron chi connectivity index (χ1n) is 6.96. The molecule has 1 amide bonds. The first kappa shape index (κ1) is 13.5. The van der Waals surface area contributed by atoms with Crippen LogP contribution < -0.4 is 5.32 Å². The molecule has 0 aromatic carbocycles. The molecule has 0 radical (unpaired) electrons. The van der Waals surface area contributed by atoms with Gasteiger partial charge in [0.1, 0.15) is 5.52 Å². The molecule has 108 valence electrons. The molecule has 0 saturated heterocycles. The summed E-state index contributed by atoms with van der Waals surface area (Å²) < 4.78 is 1.87. The van der Waals surface area contributed by atoms with Crippen LogP contribution in [0.1, 0.15) is 27.2 Å². The van der Waals surface area contributed by atoms with Crippen molar-refractivity contribution in [2.45, 2.75) is 27.2 Å². The van der Waals surface area contributed by atoms with E-state index < -0.39 is 0 Å². The highest BCUT2D eigenvalue weighted by molar-refractivity contribution is 5.93. The molecule has 0 bridgehead atoms. The van der Waals surface area contributed by atoms with Gasteiger partial charge in [-0.3, -0.25) is 14.7 Å². The number of pyridine rings is 1. The number of allylic oxidation sites excluding steroid dienone is 4. The summed E-state index contributed by atoms with van der Waals surface area (Å²) in [6.07, 6.45) is 8.05. The van der Waals surface area contributed by atoms with Crippen molar-refractivity contribution in [3.8, 4) is 0 Å². The second-order valence-corrected chi connectivity index (χ2v) is 6.35. The highest BCUT2D eigenvalue weighted by atomic mass is 16.1. The Balaban J connectivity index is 1.96. The summed E-state index contributed by atoms with van der Waals surface area (Å²) in [6.45, 7) is 6.11. The lowest BCUT2D eigenvalue weighted by atomic mass is 9.92. The minimum atomic E-state index is -0.0607. The predicted molar refractivity (Wildman–Crippen MR) is 83.6 cm³/mol. The number of aromatic nitrogens is 3. The highest BCUT2D eigenvalue weighted by Crippen LogP contribution is 2.27. The van der Waals surface area contributed by atoms with E-state index in [0.29, 0.717) is 12.4 Å². The third kappa shape index (κ3) is 2.72. The zero-order valence-electron chi connectivity index (χ0n) is 12.4.